The minimum absolute atomic E-state index is 0.536. The van der Waals surface area contributed by atoms with E-state index in [1.807, 2.05) is 0 Å². The van der Waals surface area contributed by atoms with Crippen LogP contribution in [0.5, 0.6) is 0 Å². The van der Waals surface area contributed by atoms with E-state index in [2.05, 4.69) is 9.97 Å². The summed E-state index contributed by atoms with van der Waals surface area (Å²) in [4.78, 5) is 7.84. The van der Waals surface area contributed by atoms with Gasteiger partial charge in [-0.1, -0.05) is 0 Å². The van der Waals surface area contributed by atoms with Crippen LogP contribution in [-0.2, 0) is 11.3 Å². The first-order valence-electron chi connectivity index (χ1n) is 2.67. The monoisotopic (exact) mass is 124 g/mol. The second kappa shape index (κ2) is 3.14. The molecule has 0 aliphatic heterocycles. The van der Waals surface area contributed by atoms with E-state index in [0.29, 0.717) is 6.61 Å². The highest BCUT2D eigenvalue weighted by atomic mass is 16.5. The Balaban J connectivity index is 2.61. The number of hydrogen-bond donors (Lipinski definition) is 0. The molecule has 48 valence electrons. The van der Waals surface area contributed by atoms with E-state index >= 15 is 0 Å². The third kappa shape index (κ3) is 1.77. The van der Waals surface area contributed by atoms with Gasteiger partial charge in [-0.15, -0.1) is 0 Å². The van der Waals surface area contributed by atoms with Crippen LogP contribution < -0.4 is 0 Å². The molecule has 1 aromatic rings. The van der Waals surface area contributed by atoms with Crippen molar-refractivity contribution in [3.63, 3.8) is 0 Å². The van der Waals surface area contributed by atoms with Crippen molar-refractivity contribution in [1.82, 2.24) is 9.97 Å². The molecule has 0 bridgehead atoms. The highest BCUT2D eigenvalue weighted by Gasteiger charge is 1.87. The van der Waals surface area contributed by atoms with Crippen molar-refractivity contribution in [2.45, 2.75) is 6.61 Å². The van der Waals surface area contributed by atoms with E-state index in [-0.39, 0.29) is 0 Å². The molecule has 0 aliphatic rings. The Labute approximate surface area is 53.7 Å². The van der Waals surface area contributed by atoms with Gasteiger partial charge in [0.05, 0.1) is 18.5 Å². The van der Waals surface area contributed by atoms with Crippen molar-refractivity contribution < 1.29 is 4.74 Å². The molecule has 0 spiro atoms. The maximum Gasteiger partial charge on any atom is 0.0899 e. The molecule has 0 aromatic carbocycles. The number of methoxy groups -OCH3 is 1. The Morgan fingerprint density at radius 2 is 2.44 bits per heavy atom. The van der Waals surface area contributed by atoms with Gasteiger partial charge >= 0.3 is 0 Å². The zero-order valence-electron chi connectivity index (χ0n) is 5.24. The largest absolute Gasteiger partial charge is 0.378 e. The molecule has 1 aromatic heterocycles. The molecule has 0 amide bonds. The van der Waals surface area contributed by atoms with Crippen molar-refractivity contribution in [3.05, 3.63) is 24.3 Å². The van der Waals surface area contributed by atoms with Gasteiger partial charge in [-0.2, -0.15) is 0 Å². The zero-order valence-corrected chi connectivity index (χ0v) is 5.24. The summed E-state index contributed by atoms with van der Waals surface area (Å²) in [5.74, 6) is 0. The van der Waals surface area contributed by atoms with Gasteiger partial charge in [-0.25, -0.2) is 0 Å². The van der Waals surface area contributed by atoms with Crippen LogP contribution in [0, 0.1) is 0 Å². The fourth-order valence-corrected chi connectivity index (χ4v) is 0.552. The molecule has 1 heterocycles. The Bertz CT molecular complexity index is 164. The van der Waals surface area contributed by atoms with E-state index in [4.69, 9.17) is 4.74 Å². The van der Waals surface area contributed by atoms with E-state index in [0.717, 1.165) is 5.69 Å². The van der Waals surface area contributed by atoms with E-state index in [1.54, 1.807) is 25.7 Å². The van der Waals surface area contributed by atoms with Crippen LogP contribution in [-0.4, -0.2) is 17.1 Å². The average molecular weight is 124 g/mol. The van der Waals surface area contributed by atoms with Crippen molar-refractivity contribution in [2.75, 3.05) is 7.11 Å². The third-order valence-corrected chi connectivity index (χ3v) is 0.909. The second-order valence-corrected chi connectivity index (χ2v) is 1.63. The molecule has 3 nitrogen and oxygen atoms in total. The van der Waals surface area contributed by atoms with Gasteiger partial charge in [0.15, 0.2) is 0 Å². The Kier molecular flexibility index (Phi) is 2.15. The third-order valence-electron chi connectivity index (χ3n) is 0.909. The van der Waals surface area contributed by atoms with Gasteiger partial charge in [0.2, 0.25) is 0 Å². The Morgan fingerprint density at radius 1 is 1.56 bits per heavy atom. The molecule has 9 heavy (non-hydrogen) atoms. The molecule has 0 saturated heterocycles. The quantitative estimate of drug-likeness (QED) is 0.579. The van der Waals surface area contributed by atoms with E-state index in [9.17, 15) is 0 Å². The number of nitrogens with zero attached hydrogens (tertiary/aromatic N) is 2. The molecule has 0 atom stereocenters. The molecule has 3 heteroatoms. The fraction of sp³-hybridized carbons (Fsp3) is 0.333. The van der Waals surface area contributed by atoms with Crippen LogP contribution in [0.15, 0.2) is 18.6 Å². The van der Waals surface area contributed by atoms with Gasteiger partial charge in [-0.05, 0) is 0 Å². The lowest BCUT2D eigenvalue weighted by atomic mass is 10.5. The van der Waals surface area contributed by atoms with Gasteiger partial charge in [0, 0.05) is 19.5 Å². The summed E-state index contributed by atoms with van der Waals surface area (Å²) < 4.78 is 4.83. The average Bonchev–Trinajstić information content (AvgIpc) is 1.91. The first-order chi connectivity index (χ1) is 4.43. The highest BCUT2D eigenvalue weighted by molar-refractivity contribution is 4.91. The lowest BCUT2D eigenvalue weighted by Crippen LogP contribution is -1.90. The van der Waals surface area contributed by atoms with Crippen LogP contribution in [0.1, 0.15) is 5.69 Å². The topological polar surface area (TPSA) is 35.0 Å². The Morgan fingerprint density at radius 3 is 3.00 bits per heavy atom. The van der Waals surface area contributed by atoms with Crippen molar-refractivity contribution in [3.8, 4) is 0 Å². The number of ether oxygens (including phenoxy) is 1. The zero-order chi connectivity index (χ0) is 6.53. The highest BCUT2D eigenvalue weighted by Crippen LogP contribution is 1.89. The van der Waals surface area contributed by atoms with Crippen LogP contribution >= 0.6 is 0 Å². The minimum Gasteiger partial charge on any atom is -0.378 e. The van der Waals surface area contributed by atoms with Gasteiger partial charge in [0.1, 0.15) is 0 Å². The van der Waals surface area contributed by atoms with Crippen LogP contribution in [0.2, 0.25) is 0 Å². The molecule has 1 rings (SSSR count). The molecule has 0 N–H and O–H groups in total. The molecule has 0 fully saturated rings. The maximum atomic E-state index is 4.83. The fourth-order valence-electron chi connectivity index (χ4n) is 0.552. The summed E-state index contributed by atoms with van der Waals surface area (Å²) in [6.45, 7) is 0.536. The summed E-state index contributed by atoms with van der Waals surface area (Å²) in [7, 11) is 1.63. The number of aromatic nitrogens is 2. The predicted octanol–water partition coefficient (Wildman–Crippen LogP) is 0.623. The lowest BCUT2D eigenvalue weighted by molar-refractivity contribution is 0.181. The number of hydrogen-bond acceptors (Lipinski definition) is 3. The van der Waals surface area contributed by atoms with Crippen LogP contribution in [0.3, 0.4) is 0 Å². The summed E-state index contributed by atoms with van der Waals surface area (Å²) in [5, 5.41) is 0. The van der Waals surface area contributed by atoms with Crippen LogP contribution in [0.4, 0.5) is 0 Å². The van der Waals surface area contributed by atoms with Crippen molar-refractivity contribution >= 4 is 0 Å². The summed E-state index contributed by atoms with van der Waals surface area (Å²) >= 11 is 0. The van der Waals surface area contributed by atoms with E-state index < -0.39 is 0 Å². The second-order valence-electron chi connectivity index (χ2n) is 1.63. The lowest BCUT2D eigenvalue weighted by Gasteiger charge is -1.93. The standard InChI is InChI=1S/C6H8N2O/c1-9-5-6-4-7-2-3-8-6/h2-4H,5H2,1H3. The van der Waals surface area contributed by atoms with Gasteiger partial charge in [0.25, 0.3) is 0 Å². The van der Waals surface area contributed by atoms with Gasteiger partial charge in [-0.3, -0.25) is 9.97 Å². The van der Waals surface area contributed by atoms with Crippen molar-refractivity contribution in [1.29, 1.82) is 0 Å². The molecule has 0 aliphatic carbocycles. The number of rotatable bonds is 2. The summed E-state index contributed by atoms with van der Waals surface area (Å²) in [6.07, 6.45) is 4.97. The van der Waals surface area contributed by atoms with E-state index in [1.165, 1.54) is 0 Å². The first-order valence-corrected chi connectivity index (χ1v) is 2.67. The maximum absolute atomic E-state index is 4.83. The summed E-state index contributed by atoms with van der Waals surface area (Å²) in [6, 6.07) is 0. The molecular weight excluding hydrogens is 116 g/mol. The first kappa shape index (κ1) is 6.16. The SMILES string of the molecule is COCc1cnccn1. The normalized spacial score (nSPS) is 9.44. The summed E-state index contributed by atoms with van der Waals surface area (Å²) in [5.41, 5.74) is 0.861. The van der Waals surface area contributed by atoms with Crippen molar-refractivity contribution in [2.24, 2.45) is 0 Å². The molecular formula is C6H8N2O. The minimum atomic E-state index is 0.536. The smallest absolute Gasteiger partial charge is 0.0899 e. The molecule has 0 radical (unpaired) electrons. The molecule has 0 unspecified atom stereocenters. The molecule has 0 saturated carbocycles. The predicted molar refractivity (Wildman–Crippen MR) is 32.7 cm³/mol. The van der Waals surface area contributed by atoms with Gasteiger partial charge < -0.3 is 4.74 Å². The Hall–Kier alpha value is -0.960. The van der Waals surface area contributed by atoms with Crippen LogP contribution in [0.25, 0.3) is 0 Å².